The van der Waals surface area contributed by atoms with E-state index in [1.54, 1.807) is 13.2 Å². The number of rotatable bonds is 7. The zero-order valence-corrected chi connectivity index (χ0v) is 19.9. The first-order chi connectivity index (χ1) is 16.2. The fraction of sp³-hybridized carbons (Fsp3) is 0.269. The predicted molar refractivity (Wildman–Crippen MR) is 132 cm³/mol. The molecule has 5 rings (SSSR count). The molecule has 1 aliphatic heterocycles. The lowest BCUT2D eigenvalue weighted by Crippen LogP contribution is -2.36. The van der Waals surface area contributed by atoms with Gasteiger partial charge in [-0.2, -0.15) is 0 Å². The van der Waals surface area contributed by atoms with E-state index in [4.69, 9.17) is 4.74 Å². The maximum absolute atomic E-state index is 10.2. The van der Waals surface area contributed by atoms with E-state index in [9.17, 15) is 5.11 Å². The number of phenols is 1. The van der Waals surface area contributed by atoms with Gasteiger partial charge in [0.15, 0.2) is 17.3 Å². The van der Waals surface area contributed by atoms with E-state index >= 15 is 0 Å². The van der Waals surface area contributed by atoms with Gasteiger partial charge < -0.3 is 9.84 Å². The number of aromatic hydroxyl groups is 1. The Hall–Kier alpha value is -3.42. The van der Waals surface area contributed by atoms with Gasteiger partial charge in [-0.15, -0.1) is 17.5 Å². The molecule has 1 unspecified atom stereocenters. The van der Waals surface area contributed by atoms with Crippen LogP contribution in [0.5, 0.6) is 11.5 Å². The van der Waals surface area contributed by atoms with Crippen molar-refractivity contribution >= 4 is 12.4 Å². The van der Waals surface area contributed by atoms with Crippen LogP contribution < -0.4 is 4.74 Å². The lowest BCUT2D eigenvalue weighted by Gasteiger charge is -2.35. The molecule has 0 bridgehead atoms. The molecule has 1 N–H and O–H groups in total. The third-order valence-electron chi connectivity index (χ3n) is 6.30. The largest absolute Gasteiger partial charge is 0.504 e. The first-order valence-electron chi connectivity index (χ1n) is 11.2. The minimum absolute atomic E-state index is 0. The molecule has 1 atom stereocenters. The van der Waals surface area contributed by atoms with Crippen LogP contribution in [-0.2, 0) is 25.9 Å². The van der Waals surface area contributed by atoms with Gasteiger partial charge in [-0.25, -0.2) is 4.68 Å². The van der Waals surface area contributed by atoms with Gasteiger partial charge in [0.2, 0.25) is 0 Å². The highest BCUT2D eigenvalue weighted by Crippen LogP contribution is 2.36. The van der Waals surface area contributed by atoms with Crippen LogP contribution in [0, 0.1) is 0 Å². The molecule has 0 spiro atoms. The highest BCUT2D eigenvalue weighted by molar-refractivity contribution is 5.85. The molecule has 0 radical (unpaired) electrons. The Kier molecular flexibility index (Phi) is 7.45. The maximum Gasteiger partial charge on any atom is 0.173 e. The van der Waals surface area contributed by atoms with Crippen molar-refractivity contribution in [3.63, 3.8) is 0 Å². The summed E-state index contributed by atoms with van der Waals surface area (Å²) in [6.07, 6.45) is 1.81. The Morgan fingerprint density at radius 1 is 1.00 bits per heavy atom. The van der Waals surface area contributed by atoms with Gasteiger partial charge in [-0.3, -0.25) is 4.90 Å². The van der Waals surface area contributed by atoms with Gasteiger partial charge in [0.25, 0.3) is 0 Å². The molecule has 34 heavy (non-hydrogen) atoms. The third kappa shape index (κ3) is 4.90. The van der Waals surface area contributed by atoms with E-state index in [-0.39, 0.29) is 24.2 Å². The molecule has 7 nitrogen and oxygen atoms in total. The summed E-state index contributed by atoms with van der Waals surface area (Å²) in [6, 6.07) is 24.3. The third-order valence-corrected chi connectivity index (χ3v) is 6.30. The number of halogens is 1. The number of aryl methyl sites for hydroxylation is 2. The Morgan fingerprint density at radius 3 is 2.56 bits per heavy atom. The van der Waals surface area contributed by atoms with Crippen LogP contribution in [0.1, 0.15) is 34.1 Å². The quantitative estimate of drug-likeness (QED) is 0.430. The summed E-state index contributed by atoms with van der Waals surface area (Å²) < 4.78 is 7.31. The topological polar surface area (TPSA) is 76.3 Å². The van der Waals surface area contributed by atoms with Gasteiger partial charge in [-0.1, -0.05) is 60.7 Å². The number of ether oxygens (including phenoxy) is 1. The Labute approximate surface area is 205 Å². The number of hydrogen-bond donors (Lipinski definition) is 1. The van der Waals surface area contributed by atoms with Crippen LogP contribution in [-0.4, -0.2) is 43.9 Å². The summed E-state index contributed by atoms with van der Waals surface area (Å²) >= 11 is 0. The zero-order valence-electron chi connectivity index (χ0n) is 19.0. The van der Waals surface area contributed by atoms with Crippen molar-refractivity contribution in [3.8, 4) is 11.5 Å². The van der Waals surface area contributed by atoms with Crippen molar-refractivity contribution in [2.45, 2.75) is 32.0 Å². The maximum atomic E-state index is 10.2. The fourth-order valence-electron chi connectivity index (χ4n) is 4.57. The van der Waals surface area contributed by atoms with E-state index in [2.05, 4.69) is 56.8 Å². The molecule has 2 heterocycles. The lowest BCUT2D eigenvalue weighted by atomic mass is 9.95. The monoisotopic (exact) mass is 477 g/mol. The highest BCUT2D eigenvalue weighted by Gasteiger charge is 2.31. The standard InChI is InChI=1S/C26H27N5O2.ClH/c1-33-24-17-21(11-12-23(24)32)25(30-15-14-20-9-5-6-10-22(20)18-30)26-27-28-29-31(26)16-13-19-7-3-2-4-8-19;/h2-12,17,25,32H,13-16,18H2,1H3;1H. The van der Waals surface area contributed by atoms with Crippen molar-refractivity contribution in [3.05, 3.63) is 101 Å². The van der Waals surface area contributed by atoms with Crippen molar-refractivity contribution in [2.24, 2.45) is 0 Å². The SMILES string of the molecule is COc1cc(C(c2nnnn2CCc2ccccc2)N2CCc3ccccc3C2)ccc1O.Cl. The molecule has 3 aromatic carbocycles. The number of tetrazole rings is 1. The van der Waals surface area contributed by atoms with Crippen LogP contribution in [0.2, 0.25) is 0 Å². The number of nitrogens with zero attached hydrogens (tertiary/aromatic N) is 5. The Balaban J connectivity index is 0.00000274. The number of fused-ring (bicyclic) bond motifs is 1. The summed E-state index contributed by atoms with van der Waals surface area (Å²) in [6.45, 7) is 2.37. The van der Waals surface area contributed by atoms with Crippen LogP contribution in [0.4, 0.5) is 0 Å². The van der Waals surface area contributed by atoms with E-state index < -0.39 is 0 Å². The first-order valence-corrected chi connectivity index (χ1v) is 11.2. The van der Waals surface area contributed by atoms with Crippen molar-refractivity contribution < 1.29 is 9.84 Å². The summed E-state index contributed by atoms with van der Waals surface area (Å²) in [5.41, 5.74) is 4.94. The second-order valence-corrected chi connectivity index (χ2v) is 8.32. The number of aromatic nitrogens is 4. The second-order valence-electron chi connectivity index (χ2n) is 8.32. The van der Waals surface area contributed by atoms with Gasteiger partial charge >= 0.3 is 0 Å². The molecule has 0 aliphatic carbocycles. The molecule has 0 fully saturated rings. The summed E-state index contributed by atoms with van der Waals surface area (Å²) in [5.74, 6) is 1.35. The lowest BCUT2D eigenvalue weighted by molar-refractivity contribution is 0.194. The molecule has 0 amide bonds. The zero-order chi connectivity index (χ0) is 22.6. The van der Waals surface area contributed by atoms with Crippen molar-refractivity contribution in [1.29, 1.82) is 0 Å². The molecule has 0 saturated heterocycles. The molecule has 1 aromatic heterocycles. The van der Waals surface area contributed by atoms with E-state index in [1.165, 1.54) is 16.7 Å². The molecule has 4 aromatic rings. The van der Waals surface area contributed by atoms with Gasteiger partial charge in [0.05, 0.1) is 13.2 Å². The fourth-order valence-corrected chi connectivity index (χ4v) is 4.57. The van der Waals surface area contributed by atoms with E-state index in [1.807, 2.05) is 35.0 Å². The minimum atomic E-state index is -0.168. The number of phenolic OH excluding ortho intramolecular Hbond substituents is 1. The van der Waals surface area contributed by atoms with Gasteiger partial charge in [0, 0.05) is 19.6 Å². The molecular weight excluding hydrogens is 450 g/mol. The average Bonchev–Trinajstić information content (AvgIpc) is 3.32. The molecule has 8 heteroatoms. The smallest absolute Gasteiger partial charge is 0.173 e. The summed E-state index contributed by atoms with van der Waals surface area (Å²) in [4.78, 5) is 2.40. The molecule has 0 saturated carbocycles. The van der Waals surface area contributed by atoms with Crippen LogP contribution in [0.15, 0.2) is 72.8 Å². The summed E-state index contributed by atoms with van der Waals surface area (Å²) in [7, 11) is 1.56. The first kappa shape index (κ1) is 23.7. The number of benzene rings is 3. The average molecular weight is 478 g/mol. The number of hydrogen-bond acceptors (Lipinski definition) is 6. The van der Waals surface area contributed by atoms with Crippen molar-refractivity contribution in [2.75, 3.05) is 13.7 Å². The molecule has 176 valence electrons. The summed E-state index contributed by atoms with van der Waals surface area (Å²) in [5, 5.41) is 23.0. The molecular formula is C26H28ClN5O2. The second kappa shape index (κ2) is 10.7. The normalized spacial score (nSPS) is 14.1. The van der Waals surface area contributed by atoms with E-state index in [0.29, 0.717) is 12.3 Å². The number of methoxy groups -OCH3 is 1. The minimum Gasteiger partial charge on any atom is -0.504 e. The van der Waals surface area contributed by atoms with Crippen LogP contribution >= 0.6 is 12.4 Å². The van der Waals surface area contributed by atoms with Gasteiger partial charge in [-0.05, 0) is 57.7 Å². The van der Waals surface area contributed by atoms with E-state index in [0.717, 1.165) is 37.3 Å². The highest BCUT2D eigenvalue weighted by atomic mass is 35.5. The predicted octanol–water partition coefficient (Wildman–Crippen LogP) is 4.20. The van der Waals surface area contributed by atoms with Crippen molar-refractivity contribution in [1.82, 2.24) is 25.1 Å². The van der Waals surface area contributed by atoms with Crippen LogP contribution in [0.25, 0.3) is 0 Å². The van der Waals surface area contributed by atoms with Gasteiger partial charge in [0.1, 0.15) is 0 Å². The Morgan fingerprint density at radius 2 is 1.76 bits per heavy atom. The Bertz CT molecular complexity index is 1230. The molecule has 1 aliphatic rings. The van der Waals surface area contributed by atoms with Crippen LogP contribution in [0.3, 0.4) is 0 Å².